The highest BCUT2D eigenvalue weighted by atomic mass is 35.5. The second-order valence-corrected chi connectivity index (χ2v) is 5.23. The lowest BCUT2D eigenvalue weighted by molar-refractivity contribution is 0.414. The Labute approximate surface area is 127 Å². The van der Waals surface area contributed by atoms with Crippen LogP contribution in [0.25, 0.3) is 0 Å². The number of rotatable bonds is 4. The summed E-state index contributed by atoms with van der Waals surface area (Å²) in [5.41, 5.74) is 7.42. The van der Waals surface area contributed by atoms with Crippen molar-refractivity contribution in [3.63, 3.8) is 0 Å². The number of nitrogens with two attached hydrogens (primary N) is 1. The molecule has 0 aliphatic carbocycles. The molecule has 0 aromatic heterocycles. The van der Waals surface area contributed by atoms with Gasteiger partial charge < -0.3 is 10.5 Å². The smallest absolute Gasteiger partial charge is 0.145 e. The van der Waals surface area contributed by atoms with E-state index in [9.17, 15) is 4.39 Å². The quantitative estimate of drug-likeness (QED) is 0.909. The van der Waals surface area contributed by atoms with Gasteiger partial charge in [-0.05, 0) is 35.7 Å². The molecule has 106 valence electrons. The standard InChI is InChI=1S/C15H14Cl2FNO/c1-20-14-8-9(5-6-11(14)16)13(19)7-10-3-2-4-12(17)15(10)18/h2-6,8,13H,7,19H2,1H3. The number of benzene rings is 2. The minimum atomic E-state index is -0.425. The van der Waals surface area contributed by atoms with Crippen LogP contribution in [0.15, 0.2) is 36.4 Å². The fourth-order valence-corrected chi connectivity index (χ4v) is 2.36. The highest BCUT2D eigenvalue weighted by Gasteiger charge is 2.14. The first kappa shape index (κ1) is 15.1. The van der Waals surface area contributed by atoms with Gasteiger partial charge in [0.05, 0.1) is 17.2 Å². The van der Waals surface area contributed by atoms with E-state index in [0.29, 0.717) is 22.8 Å². The molecule has 0 saturated carbocycles. The highest BCUT2D eigenvalue weighted by Crippen LogP contribution is 2.29. The van der Waals surface area contributed by atoms with Crippen molar-refractivity contribution < 1.29 is 9.13 Å². The van der Waals surface area contributed by atoms with Crippen molar-refractivity contribution in [2.75, 3.05) is 7.11 Å². The van der Waals surface area contributed by atoms with Crippen LogP contribution in [0, 0.1) is 5.82 Å². The molecule has 1 unspecified atom stereocenters. The summed E-state index contributed by atoms with van der Waals surface area (Å²) in [6.45, 7) is 0. The van der Waals surface area contributed by atoms with E-state index in [1.165, 1.54) is 13.2 Å². The zero-order valence-electron chi connectivity index (χ0n) is 10.9. The molecular formula is C15H14Cl2FNO. The van der Waals surface area contributed by atoms with Crippen molar-refractivity contribution in [3.05, 3.63) is 63.4 Å². The third-order valence-corrected chi connectivity index (χ3v) is 3.68. The van der Waals surface area contributed by atoms with E-state index < -0.39 is 5.82 Å². The molecule has 0 saturated heterocycles. The molecule has 2 rings (SSSR count). The summed E-state index contributed by atoms with van der Waals surface area (Å²) in [6, 6.07) is 9.80. The molecule has 2 aromatic rings. The molecule has 1 atom stereocenters. The van der Waals surface area contributed by atoms with Crippen LogP contribution in [0.3, 0.4) is 0 Å². The van der Waals surface area contributed by atoms with Gasteiger partial charge in [0.2, 0.25) is 0 Å². The normalized spacial score (nSPS) is 12.2. The summed E-state index contributed by atoms with van der Waals surface area (Å²) < 4.78 is 19.0. The van der Waals surface area contributed by atoms with Crippen LogP contribution in [0.2, 0.25) is 10.0 Å². The van der Waals surface area contributed by atoms with Gasteiger partial charge >= 0.3 is 0 Å². The van der Waals surface area contributed by atoms with Gasteiger partial charge in [-0.3, -0.25) is 0 Å². The Morgan fingerprint density at radius 2 is 1.95 bits per heavy atom. The fraction of sp³-hybridized carbons (Fsp3) is 0.200. The van der Waals surface area contributed by atoms with Crippen LogP contribution in [0.4, 0.5) is 4.39 Å². The van der Waals surface area contributed by atoms with E-state index in [2.05, 4.69) is 0 Å². The molecule has 5 heteroatoms. The Hall–Kier alpha value is -1.29. The maximum atomic E-state index is 13.9. The number of hydrogen-bond acceptors (Lipinski definition) is 2. The molecule has 0 fully saturated rings. The molecule has 0 amide bonds. The van der Waals surface area contributed by atoms with Crippen molar-refractivity contribution in [1.82, 2.24) is 0 Å². The molecule has 0 spiro atoms. The lowest BCUT2D eigenvalue weighted by atomic mass is 9.99. The average Bonchev–Trinajstić information content (AvgIpc) is 2.44. The molecule has 2 N–H and O–H groups in total. The fourth-order valence-electron chi connectivity index (χ4n) is 1.97. The van der Waals surface area contributed by atoms with Crippen LogP contribution in [0.5, 0.6) is 5.75 Å². The molecule has 0 aliphatic rings. The lowest BCUT2D eigenvalue weighted by Crippen LogP contribution is -2.14. The average molecular weight is 314 g/mol. The Kier molecular flexibility index (Phi) is 4.86. The Morgan fingerprint density at radius 1 is 1.20 bits per heavy atom. The molecule has 0 heterocycles. The molecule has 0 aliphatic heterocycles. The predicted molar refractivity (Wildman–Crippen MR) is 80.0 cm³/mol. The van der Waals surface area contributed by atoms with Crippen LogP contribution in [0.1, 0.15) is 17.2 Å². The second kappa shape index (κ2) is 6.44. The van der Waals surface area contributed by atoms with Gasteiger partial charge in [0.1, 0.15) is 11.6 Å². The van der Waals surface area contributed by atoms with Crippen molar-refractivity contribution in [2.45, 2.75) is 12.5 Å². The monoisotopic (exact) mass is 313 g/mol. The van der Waals surface area contributed by atoms with Gasteiger partial charge in [-0.1, -0.05) is 41.4 Å². The van der Waals surface area contributed by atoms with Crippen LogP contribution < -0.4 is 10.5 Å². The van der Waals surface area contributed by atoms with Crippen molar-refractivity contribution >= 4 is 23.2 Å². The maximum Gasteiger partial charge on any atom is 0.145 e. The van der Waals surface area contributed by atoms with E-state index in [-0.39, 0.29) is 11.1 Å². The largest absolute Gasteiger partial charge is 0.495 e. The van der Waals surface area contributed by atoms with E-state index in [0.717, 1.165) is 5.56 Å². The van der Waals surface area contributed by atoms with Crippen molar-refractivity contribution in [2.24, 2.45) is 5.73 Å². The Balaban J connectivity index is 2.24. The topological polar surface area (TPSA) is 35.2 Å². The summed E-state index contributed by atoms with van der Waals surface area (Å²) in [5, 5.41) is 0.612. The minimum absolute atomic E-state index is 0.100. The van der Waals surface area contributed by atoms with E-state index in [4.69, 9.17) is 33.7 Å². The van der Waals surface area contributed by atoms with Gasteiger partial charge in [-0.25, -0.2) is 4.39 Å². The molecular weight excluding hydrogens is 300 g/mol. The van der Waals surface area contributed by atoms with Crippen molar-refractivity contribution in [3.8, 4) is 5.75 Å². The highest BCUT2D eigenvalue weighted by molar-refractivity contribution is 6.32. The van der Waals surface area contributed by atoms with Crippen LogP contribution >= 0.6 is 23.2 Å². The first-order valence-corrected chi connectivity index (χ1v) is 6.80. The third kappa shape index (κ3) is 3.23. The van der Waals surface area contributed by atoms with Crippen LogP contribution in [-0.2, 0) is 6.42 Å². The predicted octanol–water partition coefficient (Wildman–Crippen LogP) is 4.38. The SMILES string of the molecule is COc1cc(C(N)Cc2cccc(Cl)c2F)ccc1Cl. The summed E-state index contributed by atoms with van der Waals surface area (Å²) in [4.78, 5) is 0. The van der Waals surface area contributed by atoms with Gasteiger partial charge in [-0.15, -0.1) is 0 Å². The molecule has 2 aromatic carbocycles. The Bertz CT molecular complexity index is 619. The second-order valence-electron chi connectivity index (χ2n) is 4.42. The number of hydrogen-bond donors (Lipinski definition) is 1. The number of halogens is 3. The van der Waals surface area contributed by atoms with Gasteiger partial charge in [-0.2, -0.15) is 0 Å². The maximum absolute atomic E-state index is 13.9. The van der Waals surface area contributed by atoms with Crippen molar-refractivity contribution in [1.29, 1.82) is 0 Å². The van der Waals surface area contributed by atoms with Gasteiger partial charge in [0.15, 0.2) is 0 Å². The first-order valence-electron chi connectivity index (χ1n) is 6.05. The zero-order valence-corrected chi connectivity index (χ0v) is 12.4. The Morgan fingerprint density at radius 3 is 2.65 bits per heavy atom. The minimum Gasteiger partial charge on any atom is -0.495 e. The molecule has 0 bridgehead atoms. The molecule has 2 nitrogen and oxygen atoms in total. The third-order valence-electron chi connectivity index (χ3n) is 3.07. The lowest BCUT2D eigenvalue weighted by Gasteiger charge is -2.14. The van der Waals surface area contributed by atoms with E-state index in [1.54, 1.807) is 30.3 Å². The number of ether oxygens (including phenoxy) is 1. The van der Waals surface area contributed by atoms with Crippen LogP contribution in [-0.4, -0.2) is 7.11 Å². The summed E-state index contributed by atoms with van der Waals surface area (Å²) in [5.74, 6) is 0.122. The van der Waals surface area contributed by atoms with Gasteiger partial charge in [0.25, 0.3) is 0 Å². The zero-order chi connectivity index (χ0) is 14.7. The molecule has 0 radical (unpaired) electrons. The summed E-state index contributed by atoms with van der Waals surface area (Å²) in [7, 11) is 1.53. The van der Waals surface area contributed by atoms with E-state index in [1.807, 2.05) is 0 Å². The van der Waals surface area contributed by atoms with Gasteiger partial charge in [0, 0.05) is 6.04 Å². The first-order chi connectivity index (χ1) is 9.52. The van der Waals surface area contributed by atoms with E-state index >= 15 is 0 Å². The summed E-state index contributed by atoms with van der Waals surface area (Å²) >= 11 is 11.7. The number of methoxy groups -OCH3 is 1. The summed E-state index contributed by atoms with van der Waals surface area (Å²) in [6.07, 6.45) is 0.344. The molecule has 20 heavy (non-hydrogen) atoms.